The minimum Gasteiger partial charge on any atom is -0.482 e. The molecule has 0 spiro atoms. The molecular formula is C25H49AgN2O6. The summed E-state index contributed by atoms with van der Waals surface area (Å²) >= 11 is 0. The Bertz CT molecular complexity index is 443. The quantitative estimate of drug-likeness (QED) is 0.0680. The number of nitrogens with zero attached hydrogens (tertiary/aromatic N) is 2. The molecule has 0 aliphatic carbocycles. The monoisotopic (exact) mass is 580 g/mol. The number of hydrogen-bond acceptors (Lipinski definition) is 6. The average molecular weight is 582 g/mol. The molecule has 0 bridgehead atoms. The largest absolute Gasteiger partial charge is 1.00 e. The van der Waals surface area contributed by atoms with Crippen molar-refractivity contribution in [2.45, 2.75) is 135 Å². The number of rotatable bonds is 20. The average Bonchev–Trinajstić information content (AvgIpc) is 3.35. The molecule has 0 aromatic carbocycles. The minimum absolute atomic E-state index is 0. The third-order valence-corrected chi connectivity index (χ3v) is 5.48. The first kappa shape index (κ1) is 37.4. The maximum absolute atomic E-state index is 10.4. The van der Waals surface area contributed by atoms with Gasteiger partial charge in [-0.15, -0.1) is 0 Å². The van der Waals surface area contributed by atoms with Crippen molar-refractivity contribution < 1.29 is 42.1 Å². The molecule has 206 valence electrons. The Balaban J connectivity index is -0.000000797. The van der Waals surface area contributed by atoms with Crippen LogP contribution < -0.4 is 0 Å². The second-order valence-electron chi connectivity index (χ2n) is 8.61. The van der Waals surface area contributed by atoms with E-state index in [1.165, 1.54) is 116 Å². The normalized spacial score (nSPS) is 11.3. The number of ether oxygens (including phenoxy) is 1. The Labute approximate surface area is 223 Å². The number of unbranched alkanes of at least 4 members (excludes halogenated alkanes) is 18. The molecule has 0 saturated heterocycles. The van der Waals surface area contributed by atoms with Crippen LogP contribution in [-0.4, -0.2) is 35.7 Å². The molecule has 0 atom stereocenters. The molecule has 0 amide bonds. The predicted molar refractivity (Wildman–Crippen MR) is 135 cm³/mol. The molecule has 8 nitrogen and oxygen atoms in total. The molecule has 0 saturated carbocycles. The summed E-state index contributed by atoms with van der Waals surface area (Å²) in [5, 5.41) is 23.3. The number of carboxylic acid groups (broad SMARTS) is 1. The zero-order chi connectivity index (χ0) is 24.8. The third kappa shape index (κ3) is 44.5. The zero-order valence-corrected chi connectivity index (χ0v) is 22.8. The summed E-state index contributed by atoms with van der Waals surface area (Å²) in [6.07, 6.45) is 27.6. The molecule has 1 aliphatic rings. The Morgan fingerprint density at radius 2 is 1.12 bits per heavy atom. The van der Waals surface area contributed by atoms with Crippen molar-refractivity contribution >= 4 is 12.4 Å². The summed E-state index contributed by atoms with van der Waals surface area (Å²) in [4.78, 5) is 22.4. The fourth-order valence-corrected chi connectivity index (χ4v) is 3.62. The van der Waals surface area contributed by atoms with Crippen LogP contribution >= 0.6 is 0 Å². The summed E-state index contributed by atoms with van der Waals surface area (Å²) < 4.78 is 4.65. The van der Waals surface area contributed by atoms with Crippen LogP contribution in [0.3, 0.4) is 0 Å². The van der Waals surface area contributed by atoms with E-state index in [1.807, 2.05) is 0 Å². The van der Waals surface area contributed by atoms with Gasteiger partial charge in [-0.3, -0.25) is 9.79 Å². The van der Waals surface area contributed by atoms with Crippen molar-refractivity contribution in [2.75, 3.05) is 13.2 Å². The molecule has 0 aromatic heterocycles. The number of aliphatic carboxylic acids is 1. The predicted octanol–water partition coefficient (Wildman–Crippen LogP) is 7.70. The van der Waals surface area contributed by atoms with Gasteiger partial charge in [0.15, 0.2) is 6.40 Å². The van der Waals surface area contributed by atoms with E-state index in [0.29, 0.717) is 6.42 Å². The van der Waals surface area contributed by atoms with Gasteiger partial charge in [-0.1, -0.05) is 122 Å². The molecule has 34 heavy (non-hydrogen) atoms. The van der Waals surface area contributed by atoms with Crippen molar-refractivity contribution in [1.82, 2.24) is 0 Å². The van der Waals surface area contributed by atoms with Crippen molar-refractivity contribution in [3.63, 3.8) is 0 Å². The zero-order valence-electron chi connectivity index (χ0n) is 21.3. The van der Waals surface area contributed by atoms with E-state index in [-0.39, 0.29) is 22.4 Å². The Morgan fingerprint density at radius 3 is 1.32 bits per heavy atom. The van der Waals surface area contributed by atoms with Crippen LogP contribution in [0, 0.1) is 15.3 Å². The van der Waals surface area contributed by atoms with Crippen LogP contribution in [0.4, 0.5) is 0 Å². The second kappa shape index (κ2) is 34.0. The van der Waals surface area contributed by atoms with Gasteiger partial charge < -0.3 is 25.2 Å². The van der Waals surface area contributed by atoms with Crippen LogP contribution in [0.1, 0.15) is 135 Å². The molecule has 0 radical (unpaired) electrons. The second-order valence-corrected chi connectivity index (χ2v) is 8.61. The summed E-state index contributed by atoms with van der Waals surface area (Å²) in [7, 11) is 0. The molecule has 0 aromatic rings. The van der Waals surface area contributed by atoms with Crippen molar-refractivity contribution in [3.05, 3.63) is 15.3 Å². The standard InChI is InChI=1S/C22H44O2.C3H5NO.Ag.NO3/c1-2-3-4-5-6-7-8-9-10-11-12-13-14-15-16-17-18-19-20-21-22(23)24;1-2-5-3-4-1;;2-1(3)4/h2-21H2,1H3,(H,23,24);3H,1-2H2;;/q;;+1;-1. The fourth-order valence-electron chi connectivity index (χ4n) is 3.62. The van der Waals surface area contributed by atoms with Gasteiger partial charge >= 0.3 is 28.3 Å². The summed E-state index contributed by atoms with van der Waals surface area (Å²) in [5.74, 6) is -0.651. The molecule has 9 heteroatoms. The third-order valence-electron chi connectivity index (χ3n) is 5.48. The maximum Gasteiger partial charge on any atom is 1.00 e. The number of aliphatic imine (C=N–C) groups is 1. The molecule has 1 rings (SSSR count). The fraction of sp³-hybridized carbons (Fsp3) is 0.920. The van der Waals surface area contributed by atoms with E-state index in [9.17, 15) is 4.79 Å². The Kier molecular flexibility index (Phi) is 37.5. The van der Waals surface area contributed by atoms with Crippen LogP contribution in [0.5, 0.6) is 0 Å². The van der Waals surface area contributed by atoms with Gasteiger partial charge in [0, 0.05) is 6.42 Å². The molecule has 1 heterocycles. The number of hydrogen-bond donors (Lipinski definition) is 1. The van der Waals surface area contributed by atoms with Crippen LogP contribution in [0.15, 0.2) is 4.99 Å². The minimum atomic E-state index is -1.75. The smallest absolute Gasteiger partial charge is 0.482 e. The molecule has 1 N–H and O–H groups in total. The van der Waals surface area contributed by atoms with Crippen LogP contribution in [0.2, 0.25) is 0 Å². The maximum atomic E-state index is 10.4. The Morgan fingerprint density at radius 1 is 0.794 bits per heavy atom. The van der Waals surface area contributed by atoms with E-state index in [2.05, 4.69) is 16.7 Å². The van der Waals surface area contributed by atoms with Gasteiger partial charge in [-0.05, 0) is 6.42 Å². The first-order valence-electron chi connectivity index (χ1n) is 13.1. The van der Waals surface area contributed by atoms with E-state index < -0.39 is 11.1 Å². The summed E-state index contributed by atoms with van der Waals surface area (Å²) in [6.45, 7) is 3.91. The van der Waals surface area contributed by atoms with Gasteiger partial charge in [0.2, 0.25) is 0 Å². The van der Waals surface area contributed by atoms with E-state index in [1.54, 1.807) is 0 Å². The first-order chi connectivity index (χ1) is 16.0. The van der Waals surface area contributed by atoms with Crippen molar-refractivity contribution in [1.29, 1.82) is 0 Å². The van der Waals surface area contributed by atoms with Gasteiger partial charge in [0.1, 0.15) is 6.61 Å². The molecule has 0 unspecified atom stereocenters. The Hall–Kier alpha value is -1.12. The van der Waals surface area contributed by atoms with E-state index in [0.717, 1.165) is 26.0 Å². The van der Waals surface area contributed by atoms with Crippen molar-refractivity contribution in [3.8, 4) is 0 Å². The van der Waals surface area contributed by atoms with Gasteiger partial charge in [0.05, 0.1) is 11.6 Å². The topological polar surface area (TPSA) is 125 Å². The van der Waals surface area contributed by atoms with Crippen LogP contribution in [0.25, 0.3) is 0 Å². The van der Waals surface area contributed by atoms with Gasteiger partial charge in [0.25, 0.3) is 0 Å². The van der Waals surface area contributed by atoms with Crippen molar-refractivity contribution in [2.24, 2.45) is 4.99 Å². The van der Waals surface area contributed by atoms with Gasteiger partial charge in [-0.2, -0.15) is 0 Å². The molecule has 1 aliphatic heterocycles. The van der Waals surface area contributed by atoms with E-state index >= 15 is 0 Å². The van der Waals surface area contributed by atoms with Crippen LogP contribution in [-0.2, 0) is 31.9 Å². The van der Waals surface area contributed by atoms with E-state index in [4.69, 9.17) is 20.4 Å². The first-order valence-corrected chi connectivity index (χ1v) is 13.1. The number of carboxylic acids is 1. The SMILES string of the molecule is C1=NCCO1.CCCCCCCCCCCCCCCCCCCCCC(=O)O.O=[N+]([O-])[O-].[Ag+]. The molecule has 0 fully saturated rings. The summed E-state index contributed by atoms with van der Waals surface area (Å²) in [5.41, 5.74) is 0. The number of carbonyl (C=O) groups is 1. The molecular weight excluding hydrogens is 532 g/mol. The van der Waals surface area contributed by atoms with Gasteiger partial charge in [-0.25, -0.2) is 0 Å². The summed E-state index contributed by atoms with van der Waals surface area (Å²) in [6, 6.07) is 0.